The Balaban J connectivity index is 1.50. The summed E-state index contributed by atoms with van der Waals surface area (Å²) in [6.45, 7) is 1.59. The number of hydrogen-bond donors (Lipinski definition) is 2. The Labute approximate surface area is 201 Å². The standard InChI is InChI=1S/C21H19N5O4S3/c1-10-15(20(29)30-3)19(33-16(10)17(22)28)23-14(27)9-32-21-25-24-18(26(21)2)12-8-31-13-7-5-4-6-11(12)13/h4-8H,9H2,1-3H3,(H2,22,28)(H,23,27). The predicted octanol–water partition coefficient (Wildman–Crippen LogP) is 3.68. The van der Waals surface area contributed by atoms with E-state index in [1.807, 2.05) is 35.2 Å². The first-order valence-electron chi connectivity index (χ1n) is 9.62. The van der Waals surface area contributed by atoms with Crippen LogP contribution in [0, 0.1) is 6.92 Å². The highest BCUT2D eigenvalue weighted by Gasteiger charge is 2.25. The van der Waals surface area contributed by atoms with E-state index in [1.54, 1.807) is 18.3 Å². The molecule has 0 unspecified atom stereocenters. The van der Waals surface area contributed by atoms with Crippen LogP contribution in [-0.2, 0) is 16.6 Å². The molecule has 0 aliphatic heterocycles. The molecule has 12 heteroatoms. The van der Waals surface area contributed by atoms with Gasteiger partial charge >= 0.3 is 5.97 Å². The molecule has 0 atom stereocenters. The molecular formula is C21H19N5O4S3. The number of thioether (sulfide) groups is 1. The number of amides is 2. The van der Waals surface area contributed by atoms with Gasteiger partial charge in [-0.25, -0.2) is 4.79 Å². The summed E-state index contributed by atoms with van der Waals surface area (Å²) < 4.78 is 7.78. The molecule has 4 rings (SSSR count). The van der Waals surface area contributed by atoms with Crippen molar-refractivity contribution in [2.45, 2.75) is 12.1 Å². The minimum Gasteiger partial charge on any atom is -0.465 e. The van der Waals surface area contributed by atoms with Crippen LogP contribution in [0.2, 0.25) is 0 Å². The maximum atomic E-state index is 12.6. The molecule has 9 nitrogen and oxygen atoms in total. The lowest BCUT2D eigenvalue weighted by atomic mass is 10.1. The highest BCUT2D eigenvalue weighted by Crippen LogP contribution is 2.35. The van der Waals surface area contributed by atoms with Gasteiger partial charge in [-0.3, -0.25) is 9.59 Å². The van der Waals surface area contributed by atoms with Gasteiger partial charge < -0.3 is 20.4 Å². The number of methoxy groups -OCH3 is 1. The van der Waals surface area contributed by atoms with E-state index in [0.717, 1.165) is 27.0 Å². The fourth-order valence-corrected chi connectivity index (χ4v) is 6.02. The summed E-state index contributed by atoms with van der Waals surface area (Å²) in [5, 5.41) is 15.2. The van der Waals surface area contributed by atoms with Gasteiger partial charge in [0.05, 0.1) is 23.3 Å². The molecule has 0 aliphatic rings. The van der Waals surface area contributed by atoms with Crippen molar-refractivity contribution in [1.29, 1.82) is 0 Å². The number of carbonyl (C=O) groups excluding carboxylic acids is 3. The summed E-state index contributed by atoms with van der Waals surface area (Å²) >= 11 is 3.79. The van der Waals surface area contributed by atoms with E-state index in [1.165, 1.54) is 18.9 Å². The molecule has 0 spiro atoms. The molecule has 0 aliphatic carbocycles. The van der Waals surface area contributed by atoms with E-state index >= 15 is 0 Å². The first-order valence-corrected chi connectivity index (χ1v) is 12.3. The van der Waals surface area contributed by atoms with Crippen LogP contribution in [0.3, 0.4) is 0 Å². The largest absolute Gasteiger partial charge is 0.465 e. The maximum absolute atomic E-state index is 12.6. The van der Waals surface area contributed by atoms with Crippen LogP contribution < -0.4 is 11.1 Å². The summed E-state index contributed by atoms with van der Waals surface area (Å²) in [6.07, 6.45) is 0. The molecule has 170 valence electrons. The zero-order valence-corrected chi connectivity index (χ0v) is 20.3. The number of ether oxygens (including phenoxy) is 1. The molecule has 3 N–H and O–H groups in total. The second kappa shape index (κ2) is 9.33. The first kappa shape index (κ1) is 23.0. The number of rotatable bonds is 7. The van der Waals surface area contributed by atoms with E-state index in [9.17, 15) is 14.4 Å². The van der Waals surface area contributed by atoms with Gasteiger partial charge in [-0.05, 0) is 18.6 Å². The molecule has 0 radical (unpaired) electrons. The van der Waals surface area contributed by atoms with E-state index < -0.39 is 11.9 Å². The van der Waals surface area contributed by atoms with Crippen molar-refractivity contribution in [2.24, 2.45) is 12.8 Å². The number of benzene rings is 1. The van der Waals surface area contributed by atoms with Gasteiger partial charge in [-0.1, -0.05) is 30.0 Å². The van der Waals surface area contributed by atoms with E-state index in [0.29, 0.717) is 16.5 Å². The Morgan fingerprint density at radius 3 is 2.73 bits per heavy atom. The van der Waals surface area contributed by atoms with Crippen LogP contribution in [0.25, 0.3) is 21.5 Å². The number of aromatic nitrogens is 3. The molecule has 33 heavy (non-hydrogen) atoms. The zero-order chi connectivity index (χ0) is 23.7. The number of thiophene rings is 2. The number of primary amides is 1. The average Bonchev–Trinajstić information content (AvgIpc) is 3.47. The van der Waals surface area contributed by atoms with E-state index in [4.69, 9.17) is 10.5 Å². The van der Waals surface area contributed by atoms with Crippen molar-refractivity contribution in [3.05, 3.63) is 45.6 Å². The summed E-state index contributed by atoms with van der Waals surface area (Å²) in [6, 6.07) is 8.07. The molecule has 3 aromatic heterocycles. The molecule has 2 amide bonds. The maximum Gasteiger partial charge on any atom is 0.341 e. The Morgan fingerprint density at radius 2 is 2.00 bits per heavy atom. The third-order valence-corrected chi connectivity index (χ3v) is 8.11. The minimum atomic E-state index is -0.676. The van der Waals surface area contributed by atoms with Gasteiger partial charge in [0.2, 0.25) is 5.91 Å². The number of fused-ring (bicyclic) bond motifs is 1. The number of hydrogen-bond acceptors (Lipinski definition) is 9. The number of nitrogens with one attached hydrogen (secondary N) is 1. The fraction of sp³-hybridized carbons (Fsp3) is 0.190. The smallest absolute Gasteiger partial charge is 0.341 e. The Hall–Kier alpha value is -3.22. The van der Waals surface area contributed by atoms with Gasteiger partial charge in [-0.15, -0.1) is 32.9 Å². The molecule has 0 saturated carbocycles. The quantitative estimate of drug-likeness (QED) is 0.292. The highest BCUT2D eigenvalue weighted by atomic mass is 32.2. The molecular weight excluding hydrogens is 482 g/mol. The van der Waals surface area contributed by atoms with Crippen LogP contribution in [-0.4, -0.2) is 45.4 Å². The minimum absolute atomic E-state index is 0.0276. The van der Waals surface area contributed by atoms with Gasteiger partial charge in [0.25, 0.3) is 5.91 Å². The van der Waals surface area contributed by atoms with Crippen LogP contribution >= 0.6 is 34.4 Å². The van der Waals surface area contributed by atoms with Crippen molar-refractivity contribution < 1.29 is 19.1 Å². The third kappa shape index (κ3) is 4.36. The van der Waals surface area contributed by atoms with Crippen molar-refractivity contribution in [3.8, 4) is 11.4 Å². The summed E-state index contributed by atoms with van der Waals surface area (Å²) in [5.74, 6) is -0.957. The van der Waals surface area contributed by atoms with Gasteiger partial charge in [0, 0.05) is 28.1 Å². The van der Waals surface area contributed by atoms with Gasteiger partial charge in [-0.2, -0.15) is 0 Å². The van der Waals surface area contributed by atoms with E-state index in [-0.39, 0.29) is 27.1 Å². The summed E-state index contributed by atoms with van der Waals surface area (Å²) in [5.41, 5.74) is 6.87. The summed E-state index contributed by atoms with van der Waals surface area (Å²) in [4.78, 5) is 36.6. The van der Waals surface area contributed by atoms with Crippen molar-refractivity contribution >= 4 is 67.3 Å². The number of carbonyl (C=O) groups is 3. The van der Waals surface area contributed by atoms with Crippen LogP contribution in [0.5, 0.6) is 0 Å². The predicted molar refractivity (Wildman–Crippen MR) is 130 cm³/mol. The number of anilines is 1. The Kier molecular flexibility index (Phi) is 6.49. The second-order valence-corrected chi connectivity index (χ2v) is 9.84. The van der Waals surface area contributed by atoms with Crippen molar-refractivity contribution in [3.63, 3.8) is 0 Å². The highest BCUT2D eigenvalue weighted by molar-refractivity contribution is 7.99. The molecule has 3 heterocycles. The lowest BCUT2D eigenvalue weighted by molar-refractivity contribution is -0.113. The molecule has 0 fully saturated rings. The van der Waals surface area contributed by atoms with Crippen molar-refractivity contribution in [1.82, 2.24) is 14.8 Å². The number of nitrogens with two attached hydrogens (primary N) is 1. The lowest BCUT2D eigenvalue weighted by Gasteiger charge is -2.06. The fourth-order valence-electron chi connectivity index (χ4n) is 3.30. The monoisotopic (exact) mass is 501 g/mol. The normalized spacial score (nSPS) is 11.0. The Morgan fingerprint density at radius 1 is 1.24 bits per heavy atom. The van der Waals surface area contributed by atoms with Gasteiger partial charge in [0.1, 0.15) is 5.00 Å². The average molecular weight is 502 g/mol. The Bertz CT molecular complexity index is 1390. The molecule has 0 saturated heterocycles. The molecule has 1 aromatic carbocycles. The van der Waals surface area contributed by atoms with E-state index in [2.05, 4.69) is 21.6 Å². The topological polar surface area (TPSA) is 129 Å². The number of esters is 1. The van der Waals surface area contributed by atoms with Crippen molar-refractivity contribution in [2.75, 3.05) is 18.2 Å². The van der Waals surface area contributed by atoms with Crippen LogP contribution in [0.1, 0.15) is 25.6 Å². The molecule has 4 aromatic rings. The summed E-state index contributed by atoms with van der Waals surface area (Å²) in [7, 11) is 3.08. The van der Waals surface area contributed by atoms with Gasteiger partial charge in [0.15, 0.2) is 11.0 Å². The SMILES string of the molecule is COC(=O)c1c(NC(=O)CSc2nnc(-c3csc4ccccc34)n2C)sc(C(N)=O)c1C. The number of nitrogens with zero attached hydrogens (tertiary/aromatic N) is 3. The van der Waals surface area contributed by atoms with Crippen LogP contribution in [0.15, 0.2) is 34.8 Å². The first-order chi connectivity index (χ1) is 15.8. The van der Waals surface area contributed by atoms with Crippen LogP contribution in [0.4, 0.5) is 5.00 Å². The second-order valence-electron chi connectivity index (χ2n) is 6.96. The third-order valence-electron chi connectivity index (χ3n) is 4.90. The molecule has 0 bridgehead atoms. The lowest BCUT2D eigenvalue weighted by Crippen LogP contribution is -2.16. The zero-order valence-electron chi connectivity index (χ0n) is 17.9.